The summed E-state index contributed by atoms with van der Waals surface area (Å²) in [7, 11) is 2.07. The highest BCUT2D eigenvalue weighted by Gasteiger charge is 2.19. The van der Waals surface area contributed by atoms with E-state index in [2.05, 4.69) is 28.8 Å². The Kier molecular flexibility index (Phi) is 3.99. The molecule has 1 saturated carbocycles. The molecule has 3 nitrogen and oxygen atoms in total. The Bertz CT molecular complexity index is 315. The molecule has 1 N–H and O–H groups in total. The maximum absolute atomic E-state index is 4.35. The molecule has 1 atom stereocenters. The highest BCUT2D eigenvalue weighted by atomic mass is 15.0. The van der Waals surface area contributed by atoms with Crippen molar-refractivity contribution in [3.8, 4) is 0 Å². The van der Waals surface area contributed by atoms with Crippen LogP contribution in [0.15, 0.2) is 12.4 Å². The second-order valence-corrected chi connectivity index (χ2v) is 5.12. The number of aryl methyl sites for hydroxylation is 2. The first-order chi connectivity index (χ1) is 7.75. The molecular weight excluding hydrogens is 198 g/mol. The smallest absolute Gasteiger partial charge is 0.108 e. The number of nitrogens with zero attached hydrogens (tertiary/aromatic N) is 2. The summed E-state index contributed by atoms with van der Waals surface area (Å²) in [6.07, 6.45) is 10.3. The van der Waals surface area contributed by atoms with Gasteiger partial charge in [-0.2, -0.15) is 0 Å². The van der Waals surface area contributed by atoms with Crippen molar-refractivity contribution in [2.45, 2.75) is 45.1 Å². The van der Waals surface area contributed by atoms with Crippen LogP contribution in [0.1, 0.15) is 38.4 Å². The van der Waals surface area contributed by atoms with Crippen LogP contribution in [0.25, 0.3) is 0 Å². The average Bonchev–Trinajstić information content (AvgIpc) is 2.99. The minimum absolute atomic E-state index is 0.794. The lowest BCUT2D eigenvalue weighted by Gasteiger charge is -2.11. The predicted octanol–water partition coefficient (Wildman–Crippen LogP) is 2.13. The van der Waals surface area contributed by atoms with Crippen molar-refractivity contribution in [2.75, 3.05) is 6.54 Å². The Morgan fingerprint density at radius 1 is 1.50 bits per heavy atom. The molecule has 90 valence electrons. The minimum atomic E-state index is 0.794. The summed E-state index contributed by atoms with van der Waals surface area (Å²) in [6, 6.07) is 0.849. The number of rotatable bonds is 7. The van der Waals surface area contributed by atoms with Gasteiger partial charge in [-0.15, -0.1) is 0 Å². The predicted molar refractivity (Wildman–Crippen MR) is 66.3 cm³/mol. The lowest BCUT2D eigenvalue weighted by atomic mass is 10.0. The summed E-state index contributed by atoms with van der Waals surface area (Å²) >= 11 is 0. The molecule has 1 unspecified atom stereocenters. The number of nitrogens with one attached hydrogen (secondary N) is 1. The van der Waals surface area contributed by atoms with E-state index in [1.165, 1.54) is 38.1 Å². The van der Waals surface area contributed by atoms with Gasteiger partial charge in [-0.3, -0.25) is 0 Å². The van der Waals surface area contributed by atoms with Crippen LogP contribution >= 0.6 is 0 Å². The minimum Gasteiger partial charge on any atom is -0.338 e. The topological polar surface area (TPSA) is 29.9 Å². The first-order valence-electron chi connectivity index (χ1n) is 6.45. The van der Waals surface area contributed by atoms with Gasteiger partial charge in [-0.25, -0.2) is 4.98 Å². The van der Waals surface area contributed by atoms with Crippen LogP contribution in [0.2, 0.25) is 0 Å². The zero-order valence-corrected chi connectivity index (χ0v) is 10.4. The van der Waals surface area contributed by atoms with Gasteiger partial charge in [0.1, 0.15) is 5.82 Å². The van der Waals surface area contributed by atoms with Crippen molar-refractivity contribution in [3.63, 3.8) is 0 Å². The molecule has 0 aromatic carbocycles. The molecule has 0 spiro atoms. The van der Waals surface area contributed by atoms with E-state index in [-0.39, 0.29) is 0 Å². The number of imidazole rings is 1. The second kappa shape index (κ2) is 5.48. The van der Waals surface area contributed by atoms with Crippen molar-refractivity contribution in [3.05, 3.63) is 18.2 Å². The highest BCUT2D eigenvalue weighted by Crippen LogP contribution is 2.19. The van der Waals surface area contributed by atoms with E-state index in [0.29, 0.717) is 0 Å². The van der Waals surface area contributed by atoms with Gasteiger partial charge in [0.25, 0.3) is 0 Å². The molecular formula is C13H23N3. The summed E-state index contributed by atoms with van der Waals surface area (Å²) in [5.74, 6) is 2.00. The van der Waals surface area contributed by atoms with E-state index in [4.69, 9.17) is 0 Å². The fourth-order valence-electron chi connectivity index (χ4n) is 1.98. The van der Waals surface area contributed by atoms with E-state index in [1.54, 1.807) is 0 Å². The van der Waals surface area contributed by atoms with Gasteiger partial charge < -0.3 is 9.88 Å². The Morgan fingerprint density at radius 3 is 2.94 bits per heavy atom. The second-order valence-electron chi connectivity index (χ2n) is 5.12. The normalized spacial score (nSPS) is 17.6. The lowest BCUT2D eigenvalue weighted by molar-refractivity contribution is 0.462. The highest BCUT2D eigenvalue weighted by molar-refractivity contribution is 4.91. The van der Waals surface area contributed by atoms with Gasteiger partial charge >= 0.3 is 0 Å². The summed E-state index contributed by atoms with van der Waals surface area (Å²) < 4.78 is 2.12. The Labute approximate surface area is 98.3 Å². The molecule has 0 aliphatic heterocycles. The molecule has 2 rings (SSSR count). The van der Waals surface area contributed by atoms with E-state index in [9.17, 15) is 0 Å². The van der Waals surface area contributed by atoms with Crippen molar-refractivity contribution >= 4 is 0 Å². The van der Waals surface area contributed by atoms with E-state index in [1.807, 2.05) is 12.4 Å². The zero-order chi connectivity index (χ0) is 11.4. The zero-order valence-electron chi connectivity index (χ0n) is 10.4. The largest absolute Gasteiger partial charge is 0.338 e. The third-order valence-electron chi connectivity index (χ3n) is 3.43. The van der Waals surface area contributed by atoms with Gasteiger partial charge in [0.2, 0.25) is 0 Å². The summed E-state index contributed by atoms with van der Waals surface area (Å²) in [6.45, 7) is 3.53. The maximum atomic E-state index is 4.35. The SMILES string of the molecule is CC(CCNC1CC1)CCc1nccn1C. The molecule has 0 saturated heterocycles. The molecule has 1 heterocycles. The van der Waals surface area contributed by atoms with E-state index in [0.717, 1.165) is 18.4 Å². The van der Waals surface area contributed by atoms with Crippen molar-refractivity contribution in [2.24, 2.45) is 13.0 Å². The Balaban J connectivity index is 1.59. The van der Waals surface area contributed by atoms with Gasteiger partial charge in [0, 0.05) is 31.9 Å². The number of hydrogen-bond acceptors (Lipinski definition) is 2. The van der Waals surface area contributed by atoms with Gasteiger partial charge in [-0.05, 0) is 38.1 Å². The van der Waals surface area contributed by atoms with Crippen LogP contribution in [-0.4, -0.2) is 22.1 Å². The molecule has 0 radical (unpaired) electrons. The standard InChI is InChI=1S/C13H23N3/c1-11(7-8-14-12-4-5-12)3-6-13-15-9-10-16(13)2/h9-12,14H,3-8H2,1-2H3. The van der Waals surface area contributed by atoms with Gasteiger partial charge in [-0.1, -0.05) is 6.92 Å². The Morgan fingerprint density at radius 2 is 2.31 bits per heavy atom. The molecule has 16 heavy (non-hydrogen) atoms. The first kappa shape index (κ1) is 11.6. The van der Waals surface area contributed by atoms with Crippen molar-refractivity contribution in [1.82, 2.24) is 14.9 Å². The monoisotopic (exact) mass is 221 g/mol. The van der Waals surface area contributed by atoms with Crippen molar-refractivity contribution < 1.29 is 0 Å². The molecule has 0 amide bonds. The molecule has 3 heteroatoms. The molecule has 1 aliphatic rings. The molecule has 0 bridgehead atoms. The average molecular weight is 221 g/mol. The number of hydrogen-bond donors (Lipinski definition) is 1. The summed E-state index contributed by atoms with van der Waals surface area (Å²) in [5.41, 5.74) is 0. The number of aromatic nitrogens is 2. The third kappa shape index (κ3) is 3.63. The van der Waals surface area contributed by atoms with Crippen LogP contribution in [0, 0.1) is 5.92 Å². The van der Waals surface area contributed by atoms with Crippen LogP contribution < -0.4 is 5.32 Å². The van der Waals surface area contributed by atoms with E-state index >= 15 is 0 Å². The molecule has 1 aromatic rings. The Hall–Kier alpha value is -0.830. The maximum Gasteiger partial charge on any atom is 0.108 e. The van der Waals surface area contributed by atoms with Crippen LogP contribution in [0.4, 0.5) is 0 Å². The van der Waals surface area contributed by atoms with Crippen LogP contribution in [0.5, 0.6) is 0 Å². The summed E-state index contributed by atoms with van der Waals surface area (Å²) in [5, 5.41) is 3.57. The summed E-state index contributed by atoms with van der Waals surface area (Å²) in [4.78, 5) is 4.35. The van der Waals surface area contributed by atoms with Gasteiger partial charge in [0.05, 0.1) is 0 Å². The molecule has 1 aliphatic carbocycles. The van der Waals surface area contributed by atoms with Crippen LogP contribution in [-0.2, 0) is 13.5 Å². The fraction of sp³-hybridized carbons (Fsp3) is 0.769. The quantitative estimate of drug-likeness (QED) is 0.764. The molecule has 1 fully saturated rings. The molecule has 1 aromatic heterocycles. The fourth-order valence-corrected chi connectivity index (χ4v) is 1.98. The van der Waals surface area contributed by atoms with E-state index < -0.39 is 0 Å². The van der Waals surface area contributed by atoms with Gasteiger partial charge in [0.15, 0.2) is 0 Å². The van der Waals surface area contributed by atoms with Crippen LogP contribution in [0.3, 0.4) is 0 Å². The first-order valence-corrected chi connectivity index (χ1v) is 6.45. The lowest BCUT2D eigenvalue weighted by Crippen LogP contribution is -2.19. The third-order valence-corrected chi connectivity index (χ3v) is 3.43. The van der Waals surface area contributed by atoms with Crippen molar-refractivity contribution in [1.29, 1.82) is 0 Å².